The van der Waals surface area contributed by atoms with Crippen LogP contribution >= 0.6 is 0 Å². The highest BCUT2D eigenvalue weighted by Crippen LogP contribution is 2.58. The van der Waals surface area contributed by atoms with Gasteiger partial charge < -0.3 is 19.4 Å². The Hall–Kier alpha value is -2.97. The molecule has 3 aliphatic rings. The van der Waals surface area contributed by atoms with Crippen LogP contribution in [0, 0.1) is 33.8 Å². The van der Waals surface area contributed by atoms with Crippen LogP contribution in [0.25, 0.3) is 0 Å². The standard InChI is InChI=1S/C16H13NO8/c18-14(19)10-7-5-8-11(10)16(21)25-13(8)12(7)24-15(20)6-3-1-2-4-9(6)17(22)23/h1-4,7-8,10-13H,5H2,(H,18,19)/p-1. The Morgan fingerprint density at radius 2 is 1.96 bits per heavy atom. The van der Waals surface area contributed by atoms with Gasteiger partial charge in [-0.1, -0.05) is 12.1 Å². The molecular formula is C16H12NO8-. The number of hydrogen-bond acceptors (Lipinski definition) is 8. The number of aliphatic carboxylic acids is 1. The summed E-state index contributed by atoms with van der Waals surface area (Å²) in [7, 11) is 0. The summed E-state index contributed by atoms with van der Waals surface area (Å²) >= 11 is 0. The molecule has 4 rings (SSSR count). The number of carbonyl (C=O) groups excluding carboxylic acids is 3. The van der Waals surface area contributed by atoms with Crippen LogP contribution in [0.1, 0.15) is 16.8 Å². The predicted octanol–water partition coefficient (Wildman–Crippen LogP) is -0.322. The molecule has 1 aliphatic heterocycles. The number of esters is 2. The van der Waals surface area contributed by atoms with Crippen LogP contribution in [0.3, 0.4) is 0 Å². The lowest BCUT2D eigenvalue weighted by Crippen LogP contribution is -2.47. The van der Waals surface area contributed by atoms with Crippen molar-refractivity contribution in [1.29, 1.82) is 0 Å². The Balaban J connectivity index is 1.62. The van der Waals surface area contributed by atoms with Crippen molar-refractivity contribution in [3.63, 3.8) is 0 Å². The highest BCUT2D eigenvalue weighted by molar-refractivity contribution is 5.94. The summed E-state index contributed by atoms with van der Waals surface area (Å²) in [4.78, 5) is 46.1. The van der Waals surface area contributed by atoms with Gasteiger partial charge in [-0.3, -0.25) is 14.9 Å². The van der Waals surface area contributed by atoms with Crippen LogP contribution in [0.5, 0.6) is 0 Å². The van der Waals surface area contributed by atoms with Crippen LogP contribution in [0.4, 0.5) is 5.69 Å². The number of benzene rings is 1. The van der Waals surface area contributed by atoms with Gasteiger partial charge in [-0.2, -0.15) is 0 Å². The molecule has 2 bridgehead atoms. The maximum absolute atomic E-state index is 12.4. The average molecular weight is 346 g/mol. The monoisotopic (exact) mass is 346 g/mol. The van der Waals surface area contributed by atoms with Gasteiger partial charge in [0.2, 0.25) is 0 Å². The Morgan fingerprint density at radius 3 is 2.64 bits per heavy atom. The topological polar surface area (TPSA) is 136 Å². The van der Waals surface area contributed by atoms with Gasteiger partial charge in [0.1, 0.15) is 17.8 Å². The molecule has 0 spiro atoms. The summed E-state index contributed by atoms with van der Waals surface area (Å²) in [5.74, 6) is -5.69. The molecule has 9 heteroatoms. The third kappa shape index (κ3) is 2.11. The molecule has 130 valence electrons. The minimum atomic E-state index is -1.37. The van der Waals surface area contributed by atoms with E-state index in [2.05, 4.69) is 0 Å². The molecular weight excluding hydrogens is 334 g/mol. The highest BCUT2D eigenvalue weighted by Gasteiger charge is 2.68. The second kappa shape index (κ2) is 5.27. The van der Waals surface area contributed by atoms with Gasteiger partial charge in [0.05, 0.1) is 10.8 Å². The Labute approximate surface area is 140 Å². The van der Waals surface area contributed by atoms with E-state index in [0.717, 1.165) is 0 Å². The van der Waals surface area contributed by atoms with Crippen LogP contribution in [-0.4, -0.2) is 35.0 Å². The Morgan fingerprint density at radius 1 is 1.24 bits per heavy atom. The van der Waals surface area contributed by atoms with Crippen molar-refractivity contribution < 1.29 is 33.9 Å². The quantitative estimate of drug-likeness (QED) is 0.411. The number of rotatable bonds is 4. The fraction of sp³-hybridized carbons (Fsp3) is 0.438. The van der Waals surface area contributed by atoms with Gasteiger partial charge in [0.15, 0.2) is 0 Å². The zero-order valence-corrected chi connectivity index (χ0v) is 12.7. The fourth-order valence-corrected chi connectivity index (χ4v) is 4.46. The van der Waals surface area contributed by atoms with Gasteiger partial charge in [-0.25, -0.2) is 4.79 Å². The minimum absolute atomic E-state index is 0.235. The van der Waals surface area contributed by atoms with E-state index in [-0.39, 0.29) is 11.5 Å². The van der Waals surface area contributed by atoms with E-state index in [0.29, 0.717) is 6.42 Å². The van der Waals surface area contributed by atoms with Gasteiger partial charge in [-0.05, 0) is 12.5 Å². The van der Waals surface area contributed by atoms with Crippen LogP contribution in [0.15, 0.2) is 24.3 Å². The molecule has 1 aromatic rings. The summed E-state index contributed by atoms with van der Waals surface area (Å²) < 4.78 is 10.6. The molecule has 1 aromatic carbocycles. The number of nitrogens with zero attached hydrogens (tertiary/aromatic N) is 1. The summed E-state index contributed by atoms with van der Waals surface area (Å²) in [6, 6.07) is 5.31. The molecule has 0 amide bonds. The van der Waals surface area contributed by atoms with E-state index in [1.165, 1.54) is 24.3 Å². The lowest BCUT2D eigenvalue weighted by atomic mass is 9.78. The predicted molar refractivity (Wildman–Crippen MR) is 75.8 cm³/mol. The smallest absolute Gasteiger partial charge is 0.345 e. The number of nitro benzene ring substituents is 1. The van der Waals surface area contributed by atoms with Crippen molar-refractivity contribution >= 4 is 23.6 Å². The van der Waals surface area contributed by atoms with Crippen LogP contribution < -0.4 is 5.11 Å². The molecule has 6 atom stereocenters. The summed E-state index contributed by atoms with van der Waals surface area (Å²) in [5.41, 5.74) is -0.644. The lowest BCUT2D eigenvalue weighted by Gasteiger charge is -2.31. The molecule has 1 saturated heterocycles. The van der Waals surface area contributed by atoms with E-state index in [9.17, 15) is 29.6 Å². The third-order valence-corrected chi connectivity index (χ3v) is 5.38. The first-order valence-electron chi connectivity index (χ1n) is 7.76. The number of fused-ring (bicyclic) bond motifs is 1. The van der Waals surface area contributed by atoms with E-state index >= 15 is 0 Å². The second-order valence-corrected chi connectivity index (χ2v) is 6.48. The molecule has 0 aromatic heterocycles. The maximum atomic E-state index is 12.4. The zero-order chi connectivity index (χ0) is 17.9. The maximum Gasteiger partial charge on any atom is 0.345 e. The van der Waals surface area contributed by atoms with E-state index in [4.69, 9.17) is 9.47 Å². The average Bonchev–Trinajstić information content (AvgIpc) is 3.18. The number of carbonyl (C=O) groups is 3. The number of carboxylic acids is 1. The van der Waals surface area contributed by atoms with E-state index in [1.54, 1.807) is 0 Å². The van der Waals surface area contributed by atoms with Gasteiger partial charge >= 0.3 is 11.9 Å². The Kier molecular flexibility index (Phi) is 3.28. The Bertz CT molecular complexity index is 805. The van der Waals surface area contributed by atoms with Crippen molar-refractivity contribution in [3.8, 4) is 0 Å². The largest absolute Gasteiger partial charge is 0.550 e. The molecule has 0 N–H and O–H groups in total. The van der Waals surface area contributed by atoms with Crippen molar-refractivity contribution in [2.45, 2.75) is 18.6 Å². The number of ether oxygens (including phenoxy) is 2. The third-order valence-electron chi connectivity index (χ3n) is 5.38. The summed E-state index contributed by atoms with van der Waals surface area (Å²) in [6.07, 6.45) is -1.26. The molecule has 3 fully saturated rings. The SMILES string of the molecule is O=C(OC1C2CC3C1OC(=O)C3C2C(=O)[O-])c1ccccc1[N+](=O)[O-]. The zero-order valence-electron chi connectivity index (χ0n) is 12.7. The fourth-order valence-electron chi connectivity index (χ4n) is 4.46. The molecule has 2 saturated carbocycles. The first-order chi connectivity index (χ1) is 11.9. The molecule has 0 radical (unpaired) electrons. The summed E-state index contributed by atoms with van der Waals surface area (Å²) in [6.45, 7) is 0. The minimum Gasteiger partial charge on any atom is -0.550 e. The number of carboxylic acid groups (broad SMARTS) is 1. The van der Waals surface area contributed by atoms with Crippen LogP contribution in [-0.2, 0) is 19.1 Å². The van der Waals surface area contributed by atoms with E-state index in [1.807, 2.05) is 0 Å². The molecule has 1 heterocycles. The molecule has 2 aliphatic carbocycles. The van der Waals surface area contributed by atoms with Crippen molar-refractivity contribution in [1.82, 2.24) is 0 Å². The highest BCUT2D eigenvalue weighted by atomic mass is 16.6. The number of para-hydroxylation sites is 1. The molecule has 25 heavy (non-hydrogen) atoms. The van der Waals surface area contributed by atoms with Gasteiger partial charge in [0, 0.05) is 29.8 Å². The van der Waals surface area contributed by atoms with Crippen LogP contribution in [0.2, 0.25) is 0 Å². The van der Waals surface area contributed by atoms with Crippen molar-refractivity contribution in [2.24, 2.45) is 23.7 Å². The normalized spacial score (nSPS) is 34.6. The molecule has 6 unspecified atom stereocenters. The van der Waals surface area contributed by atoms with Crippen molar-refractivity contribution in [2.75, 3.05) is 0 Å². The van der Waals surface area contributed by atoms with Gasteiger partial charge in [0.25, 0.3) is 5.69 Å². The first-order valence-corrected chi connectivity index (χ1v) is 7.76. The van der Waals surface area contributed by atoms with E-state index < -0.39 is 58.5 Å². The lowest BCUT2D eigenvalue weighted by molar-refractivity contribution is -0.385. The molecule has 9 nitrogen and oxygen atoms in total. The van der Waals surface area contributed by atoms with Crippen molar-refractivity contribution in [3.05, 3.63) is 39.9 Å². The number of hydrogen-bond donors (Lipinski definition) is 0. The first kappa shape index (κ1) is 15.6. The second-order valence-electron chi connectivity index (χ2n) is 6.48. The number of nitro groups is 1. The summed E-state index contributed by atoms with van der Waals surface area (Å²) in [5, 5.41) is 22.5. The van der Waals surface area contributed by atoms with Gasteiger partial charge in [-0.15, -0.1) is 0 Å².